The fourth-order valence-electron chi connectivity index (χ4n) is 2.63. The van der Waals surface area contributed by atoms with Crippen LogP contribution in [0.15, 0.2) is 18.2 Å². The first-order valence-electron chi connectivity index (χ1n) is 6.43. The minimum absolute atomic E-state index is 0.0619. The molecule has 0 aromatic heterocycles. The van der Waals surface area contributed by atoms with E-state index in [1.165, 1.54) is 17.0 Å². The Kier molecular flexibility index (Phi) is 2.82. The van der Waals surface area contributed by atoms with Crippen LogP contribution in [0, 0.1) is 17.6 Å². The topological polar surface area (TPSA) is 40.5 Å². The zero-order chi connectivity index (χ0) is 13.6. The van der Waals surface area contributed by atoms with Gasteiger partial charge in [-0.05, 0) is 24.8 Å². The molecule has 0 bridgehead atoms. The third-order valence-electron chi connectivity index (χ3n) is 3.99. The Bertz CT molecular complexity index is 522. The number of rotatable bonds is 3. The summed E-state index contributed by atoms with van der Waals surface area (Å²) in [4.78, 5) is 13.4. The van der Waals surface area contributed by atoms with Crippen molar-refractivity contribution in [3.63, 3.8) is 0 Å². The number of nitrogens with zero attached hydrogens (tertiary/aromatic N) is 1. The number of hydrogen-bond donors (Lipinski definition) is 1. The average Bonchev–Trinajstić information content (AvgIpc) is 3.15. The highest BCUT2D eigenvalue weighted by atomic mass is 19.2. The summed E-state index contributed by atoms with van der Waals surface area (Å²) in [5.74, 6) is -1.87. The van der Waals surface area contributed by atoms with Crippen LogP contribution in [0.1, 0.15) is 18.4 Å². The second-order valence-electron chi connectivity index (χ2n) is 5.52. The fraction of sp³-hybridized carbons (Fsp3) is 0.500. The highest BCUT2D eigenvalue weighted by Gasteiger charge is 2.53. The van der Waals surface area contributed by atoms with Gasteiger partial charge in [0.15, 0.2) is 11.6 Å². The summed E-state index contributed by atoms with van der Waals surface area (Å²) in [5, 5.41) is 10.1. The first-order chi connectivity index (χ1) is 8.99. The molecule has 0 radical (unpaired) electrons. The van der Waals surface area contributed by atoms with Crippen LogP contribution in [-0.4, -0.2) is 34.6 Å². The molecule has 1 aromatic rings. The van der Waals surface area contributed by atoms with E-state index < -0.39 is 17.2 Å². The first-order valence-corrected chi connectivity index (χ1v) is 6.43. The Morgan fingerprint density at radius 3 is 2.68 bits per heavy atom. The van der Waals surface area contributed by atoms with Crippen LogP contribution in [-0.2, 0) is 11.2 Å². The van der Waals surface area contributed by atoms with E-state index in [-0.39, 0.29) is 17.9 Å². The van der Waals surface area contributed by atoms with Crippen LogP contribution in [0.2, 0.25) is 0 Å². The van der Waals surface area contributed by atoms with Crippen molar-refractivity contribution >= 4 is 5.91 Å². The lowest BCUT2D eigenvalue weighted by Gasteiger charge is -2.47. The molecule has 1 amide bonds. The molecule has 1 N–H and O–H groups in total. The fourth-order valence-corrected chi connectivity index (χ4v) is 2.63. The van der Waals surface area contributed by atoms with E-state index >= 15 is 0 Å². The number of β-amino-alcohol motifs (C(OH)–C–C–N with tert-alkyl or cyclic N) is 1. The maximum Gasteiger partial charge on any atom is 0.227 e. The van der Waals surface area contributed by atoms with Gasteiger partial charge in [0.25, 0.3) is 0 Å². The van der Waals surface area contributed by atoms with Gasteiger partial charge in [-0.15, -0.1) is 0 Å². The average molecular weight is 267 g/mol. The van der Waals surface area contributed by atoms with E-state index in [9.17, 15) is 18.7 Å². The van der Waals surface area contributed by atoms with Crippen LogP contribution in [0.25, 0.3) is 0 Å². The number of amides is 1. The van der Waals surface area contributed by atoms with Crippen molar-refractivity contribution in [1.29, 1.82) is 0 Å². The normalized spacial score (nSPS) is 21.1. The zero-order valence-electron chi connectivity index (χ0n) is 10.4. The van der Waals surface area contributed by atoms with E-state index in [0.29, 0.717) is 19.0 Å². The third-order valence-corrected chi connectivity index (χ3v) is 3.99. The molecule has 1 heterocycles. The third kappa shape index (κ3) is 2.23. The molecule has 0 atom stereocenters. The Hall–Kier alpha value is -1.49. The highest BCUT2D eigenvalue weighted by molar-refractivity contribution is 5.80. The molecular weight excluding hydrogens is 252 g/mol. The predicted octanol–water partition coefficient (Wildman–Crippen LogP) is 1.49. The molecule has 3 nitrogen and oxygen atoms in total. The standard InChI is InChI=1S/C14H15F2NO2/c15-11-3-1-2-9(13(11)16)6-12(18)17-7-14(19,8-17)10-4-5-10/h1-3,10,19H,4-8H2. The molecule has 0 unspecified atom stereocenters. The molecule has 3 rings (SSSR count). The van der Waals surface area contributed by atoms with Gasteiger partial charge in [0, 0.05) is 5.56 Å². The monoisotopic (exact) mass is 267 g/mol. The van der Waals surface area contributed by atoms with Gasteiger partial charge in [-0.3, -0.25) is 4.79 Å². The van der Waals surface area contributed by atoms with Gasteiger partial charge in [-0.2, -0.15) is 0 Å². The smallest absolute Gasteiger partial charge is 0.227 e. The van der Waals surface area contributed by atoms with Gasteiger partial charge in [0.2, 0.25) is 5.91 Å². The Morgan fingerprint density at radius 1 is 1.37 bits per heavy atom. The molecule has 1 aliphatic carbocycles. The lowest BCUT2D eigenvalue weighted by Crippen LogP contribution is -2.65. The summed E-state index contributed by atoms with van der Waals surface area (Å²) in [6.07, 6.45) is 1.86. The highest BCUT2D eigenvalue weighted by Crippen LogP contribution is 2.44. The van der Waals surface area contributed by atoms with Crippen molar-refractivity contribution in [2.45, 2.75) is 24.9 Å². The van der Waals surface area contributed by atoms with Crippen LogP contribution in [0.4, 0.5) is 8.78 Å². The second kappa shape index (κ2) is 4.27. The molecule has 102 valence electrons. The van der Waals surface area contributed by atoms with Crippen molar-refractivity contribution in [3.8, 4) is 0 Å². The van der Waals surface area contributed by atoms with E-state index in [1.54, 1.807) is 0 Å². The van der Waals surface area contributed by atoms with Crippen molar-refractivity contribution in [1.82, 2.24) is 4.90 Å². The predicted molar refractivity (Wildman–Crippen MR) is 64.3 cm³/mol. The Balaban J connectivity index is 1.62. The van der Waals surface area contributed by atoms with Gasteiger partial charge in [0.05, 0.1) is 19.5 Å². The molecule has 1 saturated heterocycles. The maximum absolute atomic E-state index is 13.4. The molecule has 19 heavy (non-hydrogen) atoms. The first kappa shape index (κ1) is 12.5. The summed E-state index contributed by atoms with van der Waals surface area (Å²) in [6.45, 7) is 0.626. The zero-order valence-corrected chi connectivity index (χ0v) is 10.4. The van der Waals surface area contributed by atoms with Crippen LogP contribution >= 0.6 is 0 Å². The SMILES string of the molecule is O=C(Cc1cccc(F)c1F)N1CC(O)(C2CC2)C1. The van der Waals surface area contributed by atoms with E-state index in [0.717, 1.165) is 18.9 Å². The number of carbonyl (C=O) groups is 1. The number of carbonyl (C=O) groups excluding carboxylic acids is 1. The second-order valence-corrected chi connectivity index (χ2v) is 5.52. The summed E-state index contributed by atoms with van der Waals surface area (Å²) in [5.41, 5.74) is -0.678. The lowest BCUT2D eigenvalue weighted by atomic mass is 9.88. The summed E-state index contributed by atoms with van der Waals surface area (Å²) in [7, 11) is 0. The molecular formula is C14H15F2NO2. The van der Waals surface area contributed by atoms with Crippen molar-refractivity contribution in [3.05, 3.63) is 35.4 Å². The van der Waals surface area contributed by atoms with E-state index in [1.807, 2.05) is 0 Å². The molecule has 1 aromatic carbocycles. The molecule has 0 spiro atoms. The summed E-state index contributed by atoms with van der Waals surface area (Å²) in [6, 6.07) is 3.82. The molecule has 5 heteroatoms. The van der Waals surface area contributed by atoms with Crippen molar-refractivity contribution in [2.24, 2.45) is 5.92 Å². The minimum Gasteiger partial charge on any atom is -0.386 e. The van der Waals surface area contributed by atoms with Gasteiger partial charge < -0.3 is 10.0 Å². The molecule has 2 aliphatic rings. The Labute approximate surface area is 109 Å². The van der Waals surface area contributed by atoms with Crippen LogP contribution in [0.5, 0.6) is 0 Å². The van der Waals surface area contributed by atoms with Crippen LogP contribution in [0.3, 0.4) is 0 Å². The van der Waals surface area contributed by atoms with E-state index in [2.05, 4.69) is 0 Å². The lowest BCUT2D eigenvalue weighted by molar-refractivity contribution is -0.158. The van der Waals surface area contributed by atoms with Gasteiger partial charge >= 0.3 is 0 Å². The summed E-state index contributed by atoms with van der Waals surface area (Å²) >= 11 is 0. The number of likely N-dealkylation sites (tertiary alicyclic amines) is 1. The van der Waals surface area contributed by atoms with Gasteiger partial charge in [-0.1, -0.05) is 12.1 Å². The number of benzene rings is 1. The van der Waals surface area contributed by atoms with Gasteiger partial charge in [0.1, 0.15) is 5.60 Å². The Morgan fingerprint density at radius 2 is 2.05 bits per heavy atom. The molecule has 1 saturated carbocycles. The van der Waals surface area contributed by atoms with E-state index in [4.69, 9.17) is 0 Å². The number of halogens is 2. The number of hydrogen-bond acceptors (Lipinski definition) is 2. The minimum atomic E-state index is -0.964. The largest absolute Gasteiger partial charge is 0.386 e. The maximum atomic E-state index is 13.4. The van der Waals surface area contributed by atoms with Gasteiger partial charge in [-0.25, -0.2) is 8.78 Å². The van der Waals surface area contributed by atoms with Crippen molar-refractivity contribution in [2.75, 3.05) is 13.1 Å². The van der Waals surface area contributed by atoms with Crippen molar-refractivity contribution < 1.29 is 18.7 Å². The number of aliphatic hydroxyl groups is 1. The molecule has 2 fully saturated rings. The molecule has 1 aliphatic heterocycles. The summed E-state index contributed by atoms with van der Waals surface area (Å²) < 4.78 is 26.5. The van der Waals surface area contributed by atoms with Crippen LogP contribution < -0.4 is 0 Å². The quantitative estimate of drug-likeness (QED) is 0.901.